The highest BCUT2D eigenvalue weighted by Crippen LogP contribution is 2.65. The maximum atomic E-state index is 13.3. The summed E-state index contributed by atoms with van der Waals surface area (Å²) in [6.45, 7) is 0.512. The summed E-state index contributed by atoms with van der Waals surface area (Å²) in [6, 6.07) is 2.82. The van der Waals surface area contributed by atoms with Gasteiger partial charge in [0.05, 0.1) is 23.9 Å². The molecule has 7 N–H and O–H groups in total. The van der Waals surface area contributed by atoms with Crippen LogP contribution in [0.5, 0.6) is 11.5 Å². The number of carbonyl (C=O) groups excluding carboxylic acids is 3. The number of aliphatic hydroxyl groups is 3. The fourth-order valence-electron chi connectivity index (χ4n) is 6.96. The molecule has 2 aliphatic carbocycles. The van der Waals surface area contributed by atoms with Gasteiger partial charge in [0.1, 0.15) is 5.76 Å². The molecule has 18 heteroatoms. The highest BCUT2D eigenvalue weighted by molar-refractivity contribution is 5.90. The molecule has 47 heavy (non-hydrogen) atoms. The van der Waals surface area contributed by atoms with Gasteiger partial charge in [0.25, 0.3) is 0 Å². The number of likely N-dealkylation sites (N-methyl/N-ethyl adjacent to an activating group) is 1. The Bertz CT molecular complexity index is 1570. The van der Waals surface area contributed by atoms with Crippen LogP contribution in [0.3, 0.4) is 0 Å². The van der Waals surface area contributed by atoms with Gasteiger partial charge in [-0.3, -0.25) is 9.59 Å². The quantitative estimate of drug-likeness (QED) is 0.0920. The molecule has 0 unspecified atom stereocenters. The Morgan fingerprint density at radius 3 is 2.30 bits per heavy atom. The van der Waals surface area contributed by atoms with Crippen LogP contribution < -0.4 is 4.74 Å². The standard InChI is InChI=1S/C29H31NO17/c1-30-7-6-28-19-11-2-3-12(31)22(19)47-23(28)13(4-5-29(28,43)16(30)8-11)44-18(34)10-15(46-27(42)21(36)20(35)25(39)40)26(41)45-14(24(37)38)9-17(32)33/h2-4,14-16,20-21,23,31,35-36,43H,5-10H2,1H3,(H,32,33)(H,37,38)(H,39,40)/t14-,15-,16+,20+,21+,23-,28-,29+/m0/s1. The molecule has 1 spiro atoms. The van der Waals surface area contributed by atoms with Gasteiger partial charge in [-0.15, -0.1) is 0 Å². The van der Waals surface area contributed by atoms with E-state index in [2.05, 4.69) is 4.74 Å². The van der Waals surface area contributed by atoms with Crippen molar-refractivity contribution in [3.05, 3.63) is 35.1 Å². The first kappa shape index (κ1) is 33.6. The minimum absolute atomic E-state index is 0.0196. The number of phenolic OH excluding ortho intramolecular Hbond substituents is 1. The fraction of sp³-hybridized carbons (Fsp3) is 0.517. The highest BCUT2D eigenvalue weighted by Gasteiger charge is 2.72. The predicted molar refractivity (Wildman–Crippen MR) is 147 cm³/mol. The lowest BCUT2D eigenvalue weighted by atomic mass is 9.50. The first-order chi connectivity index (χ1) is 22.0. The van der Waals surface area contributed by atoms with Crippen molar-refractivity contribution in [1.29, 1.82) is 0 Å². The number of piperidine rings is 1. The Hall–Kier alpha value is -4.78. The zero-order valence-corrected chi connectivity index (χ0v) is 24.6. The van der Waals surface area contributed by atoms with Crippen LogP contribution in [0.2, 0.25) is 0 Å². The van der Waals surface area contributed by atoms with E-state index < -0.39 is 90.2 Å². The van der Waals surface area contributed by atoms with Crippen LogP contribution in [0.4, 0.5) is 0 Å². The molecule has 4 aliphatic rings. The van der Waals surface area contributed by atoms with Gasteiger partial charge in [0, 0.05) is 18.0 Å². The van der Waals surface area contributed by atoms with Crippen LogP contribution in [0, 0.1) is 0 Å². The van der Waals surface area contributed by atoms with Crippen molar-refractivity contribution in [2.45, 2.75) is 79.7 Å². The topological polar surface area (TPSA) is 284 Å². The van der Waals surface area contributed by atoms with Gasteiger partial charge in [-0.1, -0.05) is 6.07 Å². The van der Waals surface area contributed by atoms with Gasteiger partial charge in [0.2, 0.25) is 12.2 Å². The lowest BCUT2D eigenvalue weighted by molar-refractivity contribution is -0.187. The van der Waals surface area contributed by atoms with Gasteiger partial charge in [-0.2, -0.15) is 0 Å². The number of likely N-dealkylation sites (tertiary alicyclic amines) is 1. The van der Waals surface area contributed by atoms with E-state index in [1.807, 2.05) is 11.9 Å². The van der Waals surface area contributed by atoms with E-state index in [9.17, 15) is 54.3 Å². The third-order valence-corrected chi connectivity index (χ3v) is 9.15. The number of rotatable bonds is 12. The number of aliphatic hydroxyl groups excluding tert-OH is 2. The van der Waals surface area contributed by atoms with Crippen LogP contribution in [0.15, 0.2) is 24.0 Å². The molecular formula is C29H31NO17. The number of phenols is 1. The number of hydrogen-bond donors (Lipinski definition) is 7. The lowest BCUT2D eigenvalue weighted by Crippen LogP contribution is -2.74. The molecular weight excluding hydrogens is 634 g/mol. The highest BCUT2D eigenvalue weighted by atomic mass is 16.6. The summed E-state index contributed by atoms with van der Waals surface area (Å²) in [6.07, 6.45) is -11.6. The molecule has 254 valence electrons. The Balaban J connectivity index is 1.41. The molecule has 5 rings (SSSR count). The first-order valence-corrected chi connectivity index (χ1v) is 14.3. The number of carboxylic acid groups (broad SMARTS) is 3. The second kappa shape index (κ2) is 12.1. The third-order valence-electron chi connectivity index (χ3n) is 9.15. The van der Waals surface area contributed by atoms with Crippen molar-refractivity contribution in [3.8, 4) is 11.5 Å². The molecule has 18 nitrogen and oxygen atoms in total. The summed E-state index contributed by atoms with van der Waals surface area (Å²) in [7, 11) is 1.87. The number of nitrogens with zero attached hydrogens (tertiary/aromatic N) is 1. The van der Waals surface area contributed by atoms with E-state index in [1.165, 1.54) is 12.1 Å². The van der Waals surface area contributed by atoms with Crippen LogP contribution in [-0.4, -0.2) is 132 Å². The summed E-state index contributed by atoms with van der Waals surface area (Å²) in [4.78, 5) is 74.0. The summed E-state index contributed by atoms with van der Waals surface area (Å²) < 4.78 is 21.0. The Morgan fingerprint density at radius 2 is 1.66 bits per heavy atom. The molecule has 0 radical (unpaired) electrons. The van der Waals surface area contributed by atoms with Crippen LogP contribution in [0.1, 0.15) is 36.8 Å². The minimum Gasteiger partial charge on any atom is -0.504 e. The minimum atomic E-state index is -2.76. The molecule has 8 atom stereocenters. The maximum Gasteiger partial charge on any atom is 0.348 e. The van der Waals surface area contributed by atoms with Crippen molar-refractivity contribution in [2.24, 2.45) is 0 Å². The van der Waals surface area contributed by atoms with E-state index in [1.54, 1.807) is 6.07 Å². The number of esters is 3. The molecule has 1 aromatic rings. The second-order valence-electron chi connectivity index (χ2n) is 11.8. The van der Waals surface area contributed by atoms with Crippen LogP contribution >= 0.6 is 0 Å². The summed E-state index contributed by atoms with van der Waals surface area (Å²) in [5.74, 6) is -10.9. The smallest absolute Gasteiger partial charge is 0.348 e. The van der Waals surface area contributed by atoms with Gasteiger partial charge in [0.15, 0.2) is 29.8 Å². The van der Waals surface area contributed by atoms with Gasteiger partial charge < -0.3 is 59.6 Å². The molecule has 0 amide bonds. The number of aliphatic carboxylic acids is 3. The van der Waals surface area contributed by atoms with E-state index in [-0.39, 0.29) is 29.7 Å². The molecule has 2 heterocycles. The summed E-state index contributed by atoms with van der Waals surface area (Å²) in [5, 5.41) is 69.3. The average molecular weight is 666 g/mol. The molecule has 1 aromatic carbocycles. The van der Waals surface area contributed by atoms with E-state index in [4.69, 9.17) is 24.4 Å². The predicted octanol–water partition coefficient (Wildman–Crippen LogP) is -2.21. The van der Waals surface area contributed by atoms with Gasteiger partial charge in [-0.05, 0) is 44.1 Å². The Kier molecular flexibility index (Phi) is 8.65. The SMILES string of the molecule is CN1CC[C@]23c4c5ccc(O)c4O[C@H]2C(OC(=O)C[C@H](OC(=O)[C@H](O)[C@@H](O)C(=O)O)C(=O)O[C@@H](CC(=O)O)C(=O)O)=CC[C@@]3(O)[C@H]1C5. The monoisotopic (exact) mass is 665 g/mol. The van der Waals surface area contributed by atoms with Crippen LogP contribution in [-0.2, 0) is 54.8 Å². The zero-order valence-electron chi connectivity index (χ0n) is 24.6. The number of hydrogen-bond acceptors (Lipinski definition) is 15. The van der Waals surface area contributed by atoms with Crippen molar-refractivity contribution < 1.29 is 83.5 Å². The summed E-state index contributed by atoms with van der Waals surface area (Å²) >= 11 is 0. The molecule has 2 aliphatic heterocycles. The summed E-state index contributed by atoms with van der Waals surface area (Å²) in [5.41, 5.74) is -1.18. The Labute approximate surface area is 264 Å². The largest absolute Gasteiger partial charge is 0.504 e. The maximum absolute atomic E-state index is 13.3. The number of carbonyl (C=O) groups is 6. The lowest BCUT2D eigenvalue weighted by Gasteiger charge is -2.61. The normalized spacial score (nSPS) is 27.9. The van der Waals surface area contributed by atoms with Crippen molar-refractivity contribution >= 4 is 35.8 Å². The fourth-order valence-corrected chi connectivity index (χ4v) is 6.96. The van der Waals surface area contributed by atoms with E-state index in [0.717, 1.165) is 5.56 Å². The van der Waals surface area contributed by atoms with E-state index in [0.29, 0.717) is 24.9 Å². The number of ether oxygens (including phenoxy) is 4. The average Bonchev–Trinajstić information content (AvgIpc) is 3.36. The van der Waals surface area contributed by atoms with Gasteiger partial charge in [-0.25, -0.2) is 19.2 Å². The van der Waals surface area contributed by atoms with Crippen LogP contribution in [0.25, 0.3) is 0 Å². The molecule has 2 bridgehead atoms. The third kappa shape index (κ3) is 5.52. The first-order valence-electron chi connectivity index (χ1n) is 14.3. The van der Waals surface area contributed by atoms with Gasteiger partial charge >= 0.3 is 35.8 Å². The zero-order chi connectivity index (χ0) is 34.6. The number of carboxylic acids is 3. The second-order valence-corrected chi connectivity index (χ2v) is 11.8. The molecule has 1 saturated heterocycles. The molecule has 0 saturated carbocycles. The molecule has 1 fully saturated rings. The molecule has 0 aromatic heterocycles. The number of benzene rings is 1. The Morgan fingerprint density at radius 1 is 0.979 bits per heavy atom. The number of aromatic hydroxyl groups is 1. The van der Waals surface area contributed by atoms with Crippen molar-refractivity contribution in [1.82, 2.24) is 4.90 Å². The van der Waals surface area contributed by atoms with Crippen molar-refractivity contribution in [3.63, 3.8) is 0 Å². The van der Waals surface area contributed by atoms with E-state index >= 15 is 0 Å². The van der Waals surface area contributed by atoms with Crippen molar-refractivity contribution in [2.75, 3.05) is 13.6 Å².